The largest absolute Gasteiger partial charge is 0.398 e. The van der Waals surface area contributed by atoms with Gasteiger partial charge >= 0.3 is 0 Å². The maximum atomic E-state index is 11.9. The van der Waals surface area contributed by atoms with Gasteiger partial charge in [0, 0.05) is 18.1 Å². The Morgan fingerprint density at radius 1 is 1.28 bits per heavy atom. The molecule has 1 aromatic heterocycles. The van der Waals surface area contributed by atoms with Crippen molar-refractivity contribution in [2.24, 2.45) is 0 Å². The predicted molar refractivity (Wildman–Crippen MR) is 71.0 cm³/mol. The predicted octanol–water partition coefficient (Wildman–Crippen LogP) is 2.15. The van der Waals surface area contributed by atoms with E-state index in [1.54, 1.807) is 18.3 Å². The fourth-order valence-corrected chi connectivity index (χ4v) is 1.76. The second-order valence-electron chi connectivity index (χ2n) is 4.07. The monoisotopic (exact) mass is 241 g/mol. The summed E-state index contributed by atoms with van der Waals surface area (Å²) >= 11 is 0. The second kappa shape index (κ2) is 5.31. The van der Waals surface area contributed by atoms with Crippen molar-refractivity contribution in [1.82, 2.24) is 10.3 Å². The molecule has 2 aromatic rings. The number of para-hydroxylation sites is 1. The number of benzene rings is 1. The number of pyridine rings is 1. The van der Waals surface area contributed by atoms with Crippen LogP contribution >= 0.6 is 0 Å². The summed E-state index contributed by atoms with van der Waals surface area (Å²) in [6, 6.07) is 10.8. The van der Waals surface area contributed by atoms with E-state index in [0.717, 1.165) is 5.56 Å². The molecule has 2 rings (SSSR count). The first kappa shape index (κ1) is 12.1. The van der Waals surface area contributed by atoms with E-state index in [9.17, 15) is 4.79 Å². The van der Waals surface area contributed by atoms with Crippen LogP contribution in [-0.2, 0) is 0 Å². The Morgan fingerprint density at radius 3 is 2.72 bits per heavy atom. The molecule has 18 heavy (non-hydrogen) atoms. The van der Waals surface area contributed by atoms with Gasteiger partial charge in [0.05, 0.1) is 11.6 Å². The van der Waals surface area contributed by atoms with Crippen molar-refractivity contribution in [2.75, 3.05) is 5.73 Å². The van der Waals surface area contributed by atoms with Crippen molar-refractivity contribution in [2.45, 2.75) is 13.0 Å². The highest BCUT2D eigenvalue weighted by molar-refractivity contribution is 5.94. The molecule has 0 aliphatic rings. The molecule has 0 aliphatic carbocycles. The molecule has 0 spiro atoms. The normalized spacial score (nSPS) is 11.8. The molecular weight excluding hydrogens is 226 g/mol. The van der Waals surface area contributed by atoms with Crippen molar-refractivity contribution < 1.29 is 4.79 Å². The Hall–Kier alpha value is -2.36. The number of carbonyl (C=O) groups is 1. The van der Waals surface area contributed by atoms with E-state index in [2.05, 4.69) is 10.3 Å². The van der Waals surface area contributed by atoms with Gasteiger partial charge in [-0.15, -0.1) is 0 Å². The van der Waals surface area contributed by atoms with E-state index in [4.69, 9.17) is 5.73 Å². The van der Waals surface area contributed by atoms with Crippen LogP contribution in [0.2, 0.25) is 0 Å². The average Bonchev–Trinajstić information content (AvgIpc) is 2.40. The summed E-state index contributed by atoms with van der Waals surface area (Å²) in [5, 5.41) is 2.89. The molecule has 0 bridgehead atoms. The molecular formula is C14H15N3O. The number of hydrogen-bond acceptors (Lipinski definition) is 3. The Labute approximate surface area is 106 Å². The molecule has 0 saturated heterocycles. The second-order valence-corrected chi connectivity index (χ2v) is 4.07. The number of rotatable bonds is 3. The van der Waals surface area contributed by atoms with Gasteiger partial charge in [0.15, 0.2) is 0 Å². The molecule has 4 heteroatoms. The molecule has 0 radical (unpaired) electrons. The molecule has 4 nitrogen and oxygen atoms in total. The Bertz CT molecular complexity index is 540. The highest BCUT2D eigenvalue weighted by Crippen LogP contribution is 2.19. The molecule has 0 aliphatic heterocycles. The van der Waals surface area contributed by atoms with Gasteiger partial charge in [-0.3, -0.25) is 9.78 Å². The third kappa shape index (κ3) is 2.66. The van der Waals surface area contributed by atoms with Gasteiger partial charge in [-0.1, -0.05) is 18.2 Å². The minimum absolute atomic E-state index is 0.140. The third-order valence-corrected chi connectivity index (χ3v) is 2.73. The Balaban J connectivity index is 2.11. The van der Waals surface area contributed by atoms with Crippen LogP contribution in [0, 0.1) is 0 Å². The molecule has 0 saturated carbocycles. The van der Waals surface area contributed by atoms with Crippen LogP contribution in [0.5, 0.6) is 0 Å². The van der Waals surface area contributed by atoms with Crippen molar-refractivity contribution in [3.63, 3.8) is 0 Å². The van der Waals surface area contributed by atoms with Gasteiger partial charge in [0.1, 0.15) is 0 Å². The summed E-state index contributed by atoms with van der Waals surface area (Å²) in [6.07, 6.45) is 3.17. The lowest BCUT2D eigenvalue weighted by Crippen LogP contribution is -2.27. The maximum Gasteiger partial charge on any atom is 0.253 e. The summed E-state index contributed by atoms with van der Waals surface area (Å²) in [5.41, 5.74) is 8.00. The number of amides is 1. The van der Waals surface area contributed by atoms with Crippen LogP contribution in [0.3, 0.4) is 0 Å². The Morgan fingerprint density at radius 2 is 2.06 bits per heavy atom. The topological polar surface area (TPSA) is 68.0 Å². The fourth-order valence-electron chi connectivity index (χ4n) is 1.76. The number of nitrogens with two attached hydrogens (primary N) is 1. The van der Waals surface area contributed by atoms with E-state index in [0.29, 0.717) is 11.3 Å². The Kier molecular flexibility index (Phi) is 3.57. The molecule has 1 atom stereocenters. The number of nitrogens with zero attached hydrogens (tertiary/aromatic N) is 1. The van der Waals surface area contributed by atoms with E-state index in [-0.39, 0.29) is 11.9 Å². The molecule has 0 fully saturated rings. The third-order valence-electron chi connectivity index (χ3n) is 2.73. The van der Waals surface area contributed by atoms with Crippen LogP contribution in [-0.4, -0.2) is 10.9 Å². The zero-order valence-electron chi connectivity index (χ0n) is 10.1. The average molecular weight is 241 g/mol. The van der Waals surface area contributed by atoms with E-state index >= 15 is 0 Å². The number of nitrogens with one attached hydrogen (secondary N) is 1. The van der Waals surface area contributed by atoms with Gasteiger partial charge in [-0.25, -0.2) is 0 Å². The summed E-state index contributed by atoms with van der Waals surface area (Å²) in [5.74, 6) is -0.154. The summed E-state index contributed by atoms with van der Waals surface area (Å²) in [7, 11) is 0. The van der Waals surface area contributed by atoms with Gasteiger partial charge in [0.2, 0.25) is 0 Å². The molecule has 1 heterocycles. The van der Waals surface area contributed by atoms with Gasteiger partial charge < -0.3 is 11.1 Å². The number of nitrogen functional groups attached to an aromatic ring is 1. The zero-order valence-corrected chi connectivity index (χ0v) is 10.1. The standard InChI is InChI=1S/C14H15N3O/c1-10(12-6-2-3-7-13(12)15)17-14(18)11-5-4-8-16-9-11/h2-10H,15H2,1H3,(H,17,18). The highest BCUT2D eigenvalue weighted by Gasteiger charge is 2.12. The van der Waals surface area contributed by atoms with Gasteiger partial charge in [-0.05, 0) is 30.7 Å². The zero-order chi connectivity index (χ0) is 13.0. The lowest BCUT2D eigenvalue weighted by atomic mass is 10.1. The number of carbonyl (C=O) groups excluding carboxylic acids is 1. The van der Waals surface area contributed by atoms with E-state index < -0.39 is 0 Å². The number of hydrogen-bond donors (Lipinski definition) is 2. The molecule has 1 unspecified atom stereocenters. The summed E-state index contributed by atoms with van der Waals surface area (Å²) in [6.45, 7) is 1.90. The number of anilines is 1. The molecule has 1 amide bonds. The SMILES string of the molecule is CC(NC(=O)c1cccnc1)c1ccccc1N. The van der Waals surface area contributed by atoms with E-state index in [1.165, 1.54) is 6.20 Å². The highest BCUT2D eigenvalue weighted by atomic mass is 16.1. The van der Waals surface area contributed by atoms with Crippen LogP contribution in [0.15, 0.2) is 48.8 Å². The van der Waals surface area contributed by atoms with Gasteiger partial charge in [0.25, 0.3) is 5.91 Å². The first-order valence-electron chi connectivity index (χ1n) is 5.74. The molecule has 92 valence electrons. The lowest BCUT2D eigenvalue weighted by Gasteiger charge is -2.16. The van der Waals surface area contributed by atoms with E-state index in [1.807, 2.05) is 31.2 Å². The van der Waals surface area contributed by atoms with Crippen molar-refractivity contribution in [1.29, 1.82) is 0 Å². The van der Waals surface area contributed by atoms with Crippen molar-refractivity contribution in [3.05, 3.63) is 59.9 Å². The van der Waals surface area contributed by atoms with Gasteiger partial charge in [-0.2, -0.15) is 0 Å². The molecule has 3 N–H and O–H groups in total. The minimum atomic E-state index is -0.154. The minimum Gasteiger partial charge on any atom is -0.398 e. The fraction of sp³-hybridized carbons (Fsp3) is 0.143. The van der Waals surface area contributed by atoms with Crippen LogP contribution < -0.4 is 11.1 Å². The first-order chi connectivity index (χ1) is 8.68. The van der Waals surface area contributed by atoms with Crippen LogP contribution in [0.1, 0.15) is 28.9 Å². The van der Waals surface area contributed by atoms with Crippen LogP contribution in [0.4, 0.5) is 5.69 Å². The van der Waals surface area contributed by atoms with Crippen LogP contribution in [0.25, 0.3) is 0 Å². The van der Waals surface area contributed by atoms with Crippen molar-refractivity contribution >= 4 is 11.6 Å². The smallest absolute Gasteiger partial charge is 0.253 e. The summed E-state index contributed by atoms with van der Waals surface area (Å²) < 4.78 is 0. The van der Waals surface area contributed by atoms with Crippen molar-refractivity contribution in [3.8, 4) is 0 Å². The summed E-state index contributed by atoms with van der Waals surface area (Å²) in [4.78, 5) is 15.9. The lowest BCUT2D eigenvalue weighted by molar-refractivity contribution is 0.0939. The number of aromatic nitrogens is 1. The first-order valence-corrected chi connectivity index (χ1v) is 5.74. The maximum absolute atomic E-state index is 11.9. The quantitative estimate of drug-likeness (QED) is 0.809. The molecule has 1 aromatic carbocycles.